The lowest BCUT2D eigenvalue weighted by Crippen LogP contribution is -2.14. The number of nitrogens with zero attached hydrogens (tertiary/aromatic N) is 3. The van der Waals surface area contributed by atoms with Gasteiger partial charge in [-0.1, -0.05) is 42.1 Å². The van der Waals surface area contributed by atoms with Gasteiger partial charge in [-0.3, -0.25) is 4.79 Å². The first-order chi connectivity index (χ1) is 14.6. The van der Waals surface area contributed by atoms with Crippen molar-refractivity contribution in [3.63, 3.8) is 0 Å². The highest BCUT2D eigenvalue weighted by atomic mass is 32.2. The van der Waals surface area contributed by atoms with Crippen molar-refractivity contribution >= 4 is 34.7 Å². The summed E-state index contributed by atoms with van der Waals surface area (Å²) < 4.78 is 12.9. The molecule has 0 aliphatic heterocycles. The van der Waals surface area contributed by atoms with Gasteiger partial charge in [0.15, 0.2) is 0 Å². The molecule has 1 amide bonds. The summed E-state index contributed by atoms with van der Waals surface area (Å²) >= 11 is 2.87. The van der Waals surface area contributed by atoms with Crippen LogP contribution in [0.2, 0.25) is 0 Å². The number of aromatic nitrogens is 3. The van der Waals surface area contributed by atoms with Gasteiger partial charge in [0, 0.05) is 11.3 Å². The second kappa shape index (κ2) is 9.15. The lowest BCUT2D eigenvalue weighted by atomic mass is 10.2. The molecule has 150 valence electrons. The number of thiazole rings is 1. The van der Waals surface area contributed by atoms with E-state index in [4.69, 9.17) is 0 Å². The number of thioether (sulfide) groups is 1. The molecule has 30 heavy (non-hydrogen) atoms. The second-order valence-electron chi connectivity index (χ2n) is 6.40. The molecule has 2 aromatic carbocycles. The monoisotopic (exact) mass is 436 g/mol. The third-order valence-corrected chi connectivity index (χ3v) is 6.32. The lowest BCUT2D eigenvalue weighted by molar-refractivity contribution is -0.113. The molecule has 0 atom stereocenters. The van der Waals surface area contributed by atoms with Crippen LogP contribution in [0.5, 0.6) is 0 Å². The van der Waals surface area contributed by atoms with E-state index < -0.39 is 0 Å². The van der Waals surface area contributed by atoms with E-state index >= 15 is 0 Å². The summed E-state index contributed by atoms with van der Waals surface area (Å²) in [5, 5.41) is 12.9. The van der Waals surface area contributed by atoms with Crippen LogP contribution in [-0.4, -0.2) is 26.8 Å². The Morgan fingerprint density at radius 3 is 2.50 bits per heavy atom. The van der Waals surface area contributed by atoms with Crippen LogP contribution in [0.15, 0.2) is 71.8 Å². The Labute approximate surface area is 181 Å². The molecule has 0 spiro atoms. The van der Waals surface area contributed by atoms with Gasteiger partial charge >= 0.3 is 0 Å². The molecule has 8 heteroatoms. The number of carbonyl (C=O) groups is 1. The predicted molar refractivity (Wildman–Crippen MR) is 119 cm³/mol. The van der Waals surface area contributed by atoms with E-state index in [-0.39, 0.29) is 17.5 Å². The van der Waals surface area contributed by atoms with Crippen molar-refractivity contribution in [2.45, 2.75) is 11.9 Å². The zero-order valence-electron chi connectivity index (χ0n) is 16.0. The molecule has 0 saturated carbocycles. The van der Waals surface area contributed by atoms with Gasteiger partial charge in [-0.05, 0) is 43.3 Å². The summed E-state index contributed by atoms with van der Waals surface area (Å²) in [6.45, 7) is 1.96. The number of rotatable bonds is 6. The third-order valence-electron chi connectivity index (χ3n) is 4.17. The van der Waals surface area contributed by atoms with Crippen LogP contribution >= 0.6 is 23.1 Å². The number of nitrogens with one attached hydrogen (secondary N) is 1. The quantitative estimate of drug-likeness (QED) is 0.407. The van der Waals surface area contributed by atoms with E-state index in [1.165, 1.54) is 36.0 Å². The number of aryl methyl sites for hydroxylation is 1. The second-order valence-corrected chi connectivity index (χ2v) is 8.39. The van der Waals surface area contributed by atoms with E-state index in [2.05, 4.69) is 20.5 Å². The van der Waals surface area contributed by atoms with E-state index in [1.54, 1.807) is 11.3 Å². The first-order valence-electron chi connectivity index (χ1n) is 9.13. The van der Waals surface area contributed by atoms with Crippen LogP contribution < -0.4 is 5.32 Å². The maximum Gasteiger partial charge on any atom is 0.234 e. The summed E-state index contributed by atoms with van der Waals surface area (Å²) in [6, 6.07) is 19.4. The molecule has 0 aliphatic rings. The Kier molecular flexibility index (Phi) is 6.15. The Morgan fingerprint density at radius 2 is 1.80 bits per heavy atom. The largest absolute Gasteiger partial charge is 0.325 e. The minimum Gasteiger partial charge on any atom is -0.325 e. The Bertz CT molecular complexity index is 1150. The van der Waals surface area contributed by atoms with Gasteiger partial charge in [0.2, 0.25) is 5.91 Å². The SMILES string of the molecule is Cc1nc(-c2ccccc2)sc1-c1ccc(SCC(=O)Nc2ccc(F)cc2)nn1. The average Bonchev–Trinajstić information content (AvgIpc) is 3.16. The lowest BCUT2D eigenvalue weighted by Gasteiger charge is -2.05. The summed E-state index contributed by atoms with van der Waals surface area (Å²) in [5.41, 5.74) is 3.29. The van der Waals surface area contributed by atoms with Gasteiger partial charge < -0.3 is 5.32 Å². The van der Waals surface area contributed by atoms with Crippen LogP contribution in [0.3, 0.4) is 0 Å². The Hall–Kier alpha value is -3.10. The predicted octanol–water partition coefficient (Wildman–Crippen LogP) is 5.45. The fourth-order valence-electron chi connectivity index (χ4n) is 2.73. The molecule has 0 saturated heterocycles. The zero-order chi connectivity index (χ0) is 20.9. The van der Waals surface area contributed by atoms with Gasteiger partial charge in [0.1, 0.15) is 21.5 Å². The smallest absolute Gasteiger partial charge is 0.234 e. The average molecular weight is 437 g/mol. The fraction of sp³-hybridized carbons (Fsp3) is 0.0909. The fourth-order valence-corrected chi connectivity index (χ4v) is 4.38. The molecule has 5 nitrogen and oxygen atoms in total. The van der Waals surface area contributed by atoms with Crippen molar-refractivity contribution in [1.29, 1.82) is 0 Å². The highest BCUT2D eigenvalue weighted by Crippen LogP contribution is 2.34. The molecule has 4 rings (SSSR count). The number of benzene rings is 2. The number of anilines is 1. The summed E-state index contributed by atoms with van der Waals surface area (Å²) in [6.07, 6.45) is 0. The highest BCUT2D eigenvalue weighted by molar-refractivity contribution is 7.99. The van der Waals surface area contributed by atoms with Gasteiger partial charge in [-0.25, -0.2) is 9.37 Å². The molecule has 2 aromatic heterocycles. The molecular weight excluding hydrogens is 419 g/mol. The Balaban J connectivity index is 1.39. The van der Waals surface area contributed by atoms with Crippen molar-refractivity contribution in [1.82, 2.24) is 15.2 Å². The number of carbonyl (C=O) groups excluding carboxylic acids is 1. The van der Waals surface area contributed by atoms with Gasteiger partial charge in [-0.15, -0.1) is 21.5 Å². The first-order valence-corrected chi connectivity index (χ1v) is 10.9. The maximum atomic E-state index is 12.9. The number of halogens is 1. The maximum absolute atomic E-state index is 12.9. The number of hydrogen-bond acceptors (Lipinski definition) is 6. The normalized spacial score (nSPS) is 10.7. The van der Waals surface area contributed by atoms with Crippen molar-refractivity contribution in [3.05, 3.63) is 78.2 Å². The van der Waals surface area contributed by atoms with Crippen LogP contribution in [0.25, 0.3) is 21.1 Å². The van der Waals surface area contributed by atoms with Gasteiger partial charge in [-0.2, -0.15) is 0 Å². The van der Waals surface area contributed by atoms with Crippen molar-refractivity contribution in [3.8, 4) is 21.1 Å². The Morgan fingerprint density at radius 1 is 1.03 bits per heavy atom. The molecule has 0 aliphatic carbocycles. The molecule has 0 radical (unpaired) electrons. The van der Waals surface area contributed by atoms with E-state index in [0.29, 0.717) is 10.7 Å². The standard InChI is InChI=1S/C22H17FN4OS2/c1-14-21(30-22(24-14)15-5-3-2-4-6-15)18-11-12-20(27-26-18)29-13-19(28)25-17-9-7-16(23)8-10-17/h2-12H,13H2,1H3,(H,25,28). The highest BCUT2D eigenvalue weighted by Gasteiger charge is 2.13. The number of amides is 1. The molecule has 4 aromatic rings. The molecule has 1 N–H and O–H groups in total. The van der Waals surface area contributed by atoms with E-state index in [1.807, 2.05) is 49.4 Å². The topological polar surface area (TPSA) is 67.8 Å². The van der Waals surface area contributed by atoms with Crippen LogP contribution in [-0.2, 0) is 4.79 Å². The van der Waals surface area contributed by atoms with Crippen LogP contribution in [0.1, 0.15) is 5.69 Å². The van der Waals surface area contributed by atoms with Crippen molar-refractivity contribution < 1.29 is 9.18 Å². The molecule has 0 unspecified atom stereocenters. The van der Waals surface area contributed by atoms with Gasteiger partial charge in [0.25, 0.3) is 0 Å². The van der Waals surface area contributed by atoms with Crippen molar-refractivity contribution in [2.75, 3.05) is 11.1 Å². The first kappa shape index (κ1) is 20.2. The molecule has 0 bridgehead atoms. The van der Waals surface area contributed by atoms with E-state index in [0.717, 1.165) is 26.8 Å². The molecule has 0 fully saturated rings. The third kappa shape index (κ3) is 4.90. The van der Waals surface area contributed by atoms with Crippen molar-refractivity contribution in [2.24, 2.45) is 0 Å². The molecule has 2 heterocycles. The summed E-state index contributed by atoms with van der Waals surface area (Å²) in [5.74, 6) is -0.350. The van der Waals surface area contributed by atoms with Gasteiger partial charge in [0.05, 0.1) is 16.3 Å². The minimum absolute atomic E-state index is 0.184. The van der Waals surface area contributed by atoms with Crippen LogP contribution in [0, 0.1) is 12.7 Å². The van der Waals surface area contributed by atoms with E-state index in [9.17, 15) is 9.18 Å². The number of hydrogen-bond donors (Lipinski definition) is 1. The summed E-state index contributed by atoms with van der Waals surface area (Å²) in [4.78, 5) is 17.7. The molecular formula is C22H17FN4OS2. The van der Waals surface area contributed by atoms with Crippen LogP contribution in [0.4, 0.5) is 10.1 Å². The minimum atomic E-state index is -0.343. The zero-order valence-corrected chi connectivity index (χ0v) is 17.6. The summed E-state index contributed by atoms with van der Waals surface area (Å²) in [7, 11) is 0.